The lowest BCUT2D eigenvalue weighted by Crippen LogP contribution is -2.42. The molecule has 3 aromatic rings. The summed E-state index contributed by atoms with van der Waals surface area (Å²) in [5.41, 5.74) is 3.38. The maximum atomic E-state index is 6.36. The Bertz CT molecular complexity index is 919. The van der Waals surface area contributed by atoms with Crippen LogP contribution >= 0.6 is 22.9 Å². The number of piperidine rings is 1. The van der Waals surface area contributed by atoms with Crippen LogP contribution in [0.3, 0.4) is 0 Å². The molecule has 2 aliphatic rings. The van der Waals surface area contributed by atoms with Gasteiger partial charge in [0.15, 0.2) is 5.13 Å². The molecule has 2 aromatic heterocycles. The van der Waals surface area contributed by atoms with Crippen molar-refractivity contribution >= 4 is 28.1 Å². The van der Waals surface area contributed by atoms with Gasteiger partial charge in [0.25, 0.3) is 0 Å². The second-order valence-corrected chi connectivity index (χ2v) is 8.58. The molecule has 5 rings (SSSR count). The van der Waals surface area contributed by atoms with Crippen LogP contribution in [0.1, 0.15) is 37.3 Å². The van der Waals surface area contributed by atoms with Gasteiger partial charge in [0.1, 0.15) is 0 Å². The average molecular weight is 385 g/mol. The van der Waals surface area contributed by atoms with Gasteiger partial charge in [0, 0.05) is 52.9 Å². The molecule has 6 heteroatoms. The van der Waals surface area contributed by atoms with Crippen molar-refractivity contribution in [2.75, 3.05) is 4.90 Å². The minimum Gasteiger partial charge on any atom is -0.342 e. The maximum absolute atomic E-state index is 6.36. The van der Waals surface area contributed by atoms with Gasteiger partial charge in [-0.15, -0.1) is 11.3 Å². The number of fused-ring (bicyclic) bond motifs is 2. The van der Waals surface area contributed by atoms with Crippen LogP contribution < -0.4 is 4.90 Å². The van der Waals surface area contributed by atoms with Gasteiger partial charge in [-0.1, -0.05) is 29.8 Å². The van der Waals surface area contributed by atoms with Crippen molar-refractivity contribution < 1.29 is 0 Å². The summed E-state index contributed by atoms with van der Waals surface area (Å²) in [6.45, 7) is 0. The predicted molar refractivity (Wildman–Crippen MR) is 107 cm³/mol. The van der Waals surface area contributed by atoms with Crippen LogP contribution in [0, 0.1) is 0 Å². The van der Waals surface area contributed by atoms with Gasteiger partial charge in [0.05, 0.1) is 5.69 Å². The Balaban J connectivity index is 1.41. The van der Waals surface area contributed by atoms with Gasteiger partial charge in [-0.25, -0.2) is 4.98 Å². The number of halogens is 1. The molecule has 0 saturated carbocycles. The fourth-order valence-corrected chi connectivity index (χ4v) is 5.89. The van der Waals surface area contributed by atoms with Gasteiger partial charge in [-0.2, -0.15) is 5.10 Å². The number of aromatic nitrogens is 3. The lowest BCUT2D eigenvalue weighted by atomic mass is 9.88. The zero-order chi connectivity index (χ0) is 17.7. The van der Waals surface area contributed by atoms with Crippen LogP contribution in [-0.4, -0.2) is 26.8 Å². The molecule has 2 bridgehead atoms. The van der Waals surface area contributed by atoms with E-state index in [1.165, 1.54) is 31.4 Å². The van der Waals surface area contributed by atoms with Crippen LogP contribution in [0.15, 0.2) is 41.9 Å². The van der Waals surface area contributed by atoms with Crippen LogP contribution in [-0.2, 0) is 7.05 Å². The summed E-state index contributed by atoms with van der Waals surface area (Å²) in [5.74, 6) is 0.610. The van der Waals surface area contributed by atoms with E-state index in [2.05, 4.69) is 28.5 Å². The lowest BCUT2D eigenvalue weighted by molar-refractivity contribution is 0.400. The van der Waals surface area contributed by atoms with Crippen LogP contribution in [0.2, 0.25) is 5.02 Å². The first-order chi connectivity index (χ1) is 12.7. The van der Waals surface area contributed by atoms with E-state index in [4.69, 9.17) is 16.6 Å². The molecule has 26 heavy (non-hydrogen) atoms. The fourth-order valence-electron chi connectivity index (χ4n) is 4.69. The van der Waals surface area contributed by atoms with Crippen LogP contribution in [0.4, 0.5) is 5.13 Å². The summed E-state index contributed by atoms with van der Waals surface area (Å²) in [5, 5.41) is 8.42. The van der Waals surface area contributed by atoms with Crippen molar-refractivity contribution in [2.45, 2.75) is 43.7 Å². The molecule has 0 amide bonds. The van der Waals surface area contributed by atoms with Crippen LogP contribution in [0.5, 0.6) is 0 Å². The topological polar surface area (TPSA) is 34.0 Å². The molecule has 0 aliphatic carbocycles. The summed E-state index contributed by atoms with van der Waals surface area (Å²) in [4.78, 5) is 7.53. The first kappa shape index (κ1) is 16.3. The van der Waals surface area contributed by atoms with Gasteiger partial charge >= 0.3 is 0 Å². The summed E-state index contributed by atoms with van der Waals surface area (Å²) >= 11 is 8.10. The van der Waals surface area contributed by atoms with Gasteiger partial charge < -0.3 is 4.90 Å². The molecule has 2 saturated heterocycles. The minimum absolute atomic E-state index is 0.582. The highest BCUT2D eigenvalue weighted by Gasteiger charge is 2.43. The number of aryl methyl sites for hydroxylation is 1. The third kappa shape index (κ3) is 2.65. The van der Waals surface area contributed by atoms with E-state index in [1.807, 2.05) is 35.1 Å². The normalized spacial score (nSPS) is 25.0. The number of hydrogen-bond acceptors (Lipinski definition) is 4. The molecular formula is C20H21ClN4S. The second-order valence-electron chi connectivity index (χ2n) is 7.34. The average Bonchev–Trinajstić information content (AvgIpc) is 3.33. The lowest BCUT2D eigenvalue weighted by Gasteiger charge is -2.38. The molecule has 0 radical (unpaired) electrons. The molecule has 1 unspecified atom stereocenters. The molecule has 4 nitrogen and oxygen atoms in total. The Morgan fingerprint density at radius 3 is 2.58 bits per heavy atom. The molecule has 0 spiro atoms. The van der Waals surface area contributed by atoms with E-state index in [0.29, 0.717) is 18.0 Å². The quantitative estimate of drug-likeness (QED) is 0.629. The largest absolute Gasteiger partial charge is 0.342 e. The standard InChI is InChI=1S/C20H21ClN4S/c1-24-19(8-9-22-24)13-10-14-6-7-15(11-13)25(14)20-23-18(12-26-20)16-4-2-3-5-17(16)21/h2-5,8-9,12-15H,6-7,10-11H2,1H3/t13?,14-,15+. The number of nitrogens with zero attached hydrogens (tertiary/aromatic N) is 4. The van der Waals surface area contributed by atoms with Crippen molar-refractivity contribution in [1.29, 1.82) is 0 Å². The highest BCUT2D eigenvalue weighted by molar-refractivity contribution is 7.14. The monoisotopic (exact) mass is 384 g/mol. The first-order valence-electron chi connectivity index (χ1n) is 9.17. The smallest absolute Gasteiger partial charge is 0.186 e. The van der Waals surface area contributed by atoms with Crippen molar-refractivity contribution in [3.05, 3.63) is 52.6 Å². The zero-order valence-electron chi connectivity index (χ0n) is 14.7. The van der Waals surface area contributed by atoms with E-state index in [9.17, 15) is 0 Å². The minimum atomic E-state index is 0.582. The Morgan fingerprint density at radius 1 is 1.12 bits per heavy atom. The number of anilines is 1. The Morgan fingerprint density at radius 2 is 1.88 bits per heavy atom. The molecule has 134 valence electrons. The predicted octanol–water partition coefficient (Wildman–Crippen LogP) is 5.11. The molecular weight excluding hydrogens is 364 g/mol. The molecule has 1 aromatic carbocycles. The maximum Gasteiger partial charge on any atom is 0.186 e. The Kier molecular flexibility index (Phi) is 4.02. The highest BCUT2D eigenvalue weighted by atomic mass is 35.5. The molecule has 3 atom stereocenters. The Hall–Kier alpha value is -1.85. The van der Waals surface area contributed by atoms with E-state index < -0.39 is 0 Å². The molecule has 2 fully saturated rings. The highest BCUT2D eigenvalue weighted by Crippen LogP contribution is 2.46. The SMILES string of the molecule is Cn1nccc1C1C[C@H]2CC[C@@H](C1)N2c1nc(-c2ccccc2Cl)cs1. The third-order valence-electron chi connectivity index (χ3n) is 5.87. The number of benzene rings is 1. The molecule has 2 aliphatic heterocycles. The van der Waals surface area contributed by atoms with Gasteiger partial charge in [-0.05, 0) is 37.8 Å². The van der Waals surface area contributed by atoms with E-state index >= 15 is 0 Å². The van der Waals surface area contributed by atoms with E-state index in [1.54, 1.807) is 11.3 Å². The summed E-state index contributed by atoms with van der Waals surface area (Å²) in [6.07, 6.45) is 6.83. The number of hydrogen-bond donors (Lipinski definition) is 0. The van der Waals surface area contributed by atoms with Crippen molar-refractivity contribution in [2.24, 2.45) is 7.05 Å². The fraction of sp³-hybridized carbons (Fsp3) is 0.400. The van der Waals surface area contributed by atoms with Gasteiger partial charge in [-0.3, -0.25) is 4.68 Å². The molecule has 4 heterocycles. The Labute approximate surface area is 162 Å². The van der Waals surface area contributed by atoms with Crippen molar-refractivity contribution in [3.8, 4) is 11.3 Å². The van der Waals surface area contributed by atoms with E-state index in [-0.39, 0.29) is 0 Å². The first-order valence-corrected chi connectivity index (χ1v) is 10.4. The zero-order valence-corrected chi connectivity index (χ0v) is 16.2. The molecule has 0 N–H and O–H groups in total. The summed E-state index contributed by atoms with van der Waals surface area (Å²) in [7, 11) is 2.06. The van der Waals surface area contributed by atoms with Gasteiger partial charge in [0.2, 0.25) is 0 Å². The number of rotatable bonds is 3. The van der Waals surface area contributed by atoms with Crippen molar-refractivity contribution in [1.82, 2.24) is 14.8 Å². The van der Waals surface area contributed by atoms with Crippen LogP contribution in [0.25, 0.3) is 11.3 Å². The van der Waals surface area contributed by atoms with Crippen molar-refractivity contribution in [3.63, 3.8) is 0 Å². The summed E-state index contributed by atoms with van der Waals surface area (Å²) in [6, 6.07) is 11.3. The van der Waals surface area contributed by atoms with E-state index in [0.717, 1.165) is 21.4 Å². The summed E-state index contributed by atoms with van der Waals surface area (Å²) < 4.78 is 2.04. The number of thiazole rings is 1. The second kappa shape index (κ2) is 6.39. The third-order valence-corrected chi connectivity index (χ3v) is 7.06.